The van der Waals surface area contributed by atoms with Gasteiger partial charge in [0.1, 0.15) is 0 Å². The van der Waals surface area contributed by atoms with Gasteiger partial charge in [0.2, 0.25) is 0 Å². The molecule has 2 unspecified atom stereocenters. The summed E-state index contributed by atoms with van der Waals surface area (Å²) in [6.07, 6.45) is 3.53. The van der Waals surface area contributed by atoms with Crippen LogP contribution in [0.5, 0.6) is 0 Å². The fourth-order valence-corrected chi connectivity index (χ4v) is 4.00. The van der Waals surface area contributed by atoms with Crippen LogP contribution in [0.1, 0.15) is 37.9 Å². The van der Waals surface area contributed by atoms with Crippen LogP contribution in [-0.2, 0) is 0 Å². The number of fused-ring (bicyclic) bond motifs is 1. The minimum Gasteiger partial charge on any atom is -0.389 e. The average molecular weight is 274 g/mol. The molecule has 2 heterocycles. The van der Waals surface area contributed by atoms with Gasteiger partial charge in [-0.05, 0) is 51.8 Å². The third-order valence-electron chi connectivity index (χ3n) is 5.07. The lowest BCUT2D eigenvalue weighted by atomic mass is 9.84. The molecule has 0 radical (unpaired) electrons. The first-order valence-electron chi connectivity index (χ1n) is 7.89. The highest BCUT2D eigenvalue weighted by atomic mass is 16.3. The smallest absolute Gasteiger partial charge is 0.0781 e. The molecule has 3 rings (SSSR count). The minimum atomic E-state index is -0.391. The Labute approximate surface area is 122 Å². The summed E-state index contributed by atoms with van der Waals surface area (Å²) < 4.78 is 0. The molecule has 2 aliphatic rings. The zero-order valence-electron chi connectivity index (χ0n) is 12.6. The van der Waals surface area contributed by atoms with Crippen molar-refractivity contribution in [2.45, 2.75) is 38.3 Å². The molecule has 0 aliphatic carbocycles. The van der Waals surface area contributed by atoms with Crippen LogP contribution in [0.3, 0.4) is 0 Å². The molecule has 0 aromatic heterocycles. The molecule has 0 amide bonds. The molecule has 0 bridgehead atoms. The Morgan fingerprint density at radius 1 is 1.20 bits per heavy atom. The van der Waals surface area contributed by atoms with Crippen LogP contribution in [-0.4, -0.2) is 42.7 Å². The number of aliphatic hydroxyl groups is 1. The molecule has 1 N–H and O–H groups in total. The van der Waals surface area contributed by atoms with Crippen LogP contribution < -0.4 is 4.90 Å². The summed E-state index contributed by atoms with van der Waals surface area (Å²) in [6.45, 7) is 5.36. The van der Waals surface area contributed by atoms with Crippen molar-refractivity contribution < 1.29 is 5.11 Å². The molecule has 20 heavy (non-hydrogen) atoms. The van der Waals surface area contributed by atoms with E-state index in [2.05, 4.69) is 35.0 Å². The van der Waals surface area contributed by atoms with Gasteiger partial charge in [0, 0.05) is 30.4 Å². The summed E-state index contributed by atoms with van der Waals surface area (Å²) in [5.41, 5.74) is 2.30. The van der Waals surface area contributed by atoms with Gasteiger partial charge in [0.25, 0.3) is 0 Å². The van der Waals surface area contributed by atoms with E-state index >= 15 is 0 Å². The van der Waals surface area contributed by atoms with Crippen molar-refractivity contribution in [3.8, 4) is 0 Å². The molecular weight excluding hydrogens is 248 g/mol. The van der Waals surface area contributed by atoms with Crippen LogP contribution in [0, 0.1) is 5.92 Å². The van der Waals surface area contributed by atoms with Gasteiger partial charge in [-0.3, -0.25) is 0 Å². The van der Waals surface area contributed by atoms with Gasteiger partial charge in [-0.25, -0.2) is 0 Å². The van der Waals surface area contributed by atoms with E-state index in [1.807, 2.05) is 13.0 Å². The molecule has 1 aromatic rings. The summed E-state index contributed by atoms with van der Waals surface area (Å²) in [4.78, 5) is 5.04. The molecular formula is C17H26N2O. The second-order valence-corrected chi connectivity index (χ2v) is 6.42. The van der Waals surface area contributed by atoms with E-state index in [-0.39, 0.29) is 0 Å². The maximum absolute atomic E-state index is 9.97. The number of piperidine rings is 2. The molecule has 3 atom stereocenters. The van der Waals surface area contributed by atoms with Crippen molar-refractivity contribution in [2.24, 2.45) is 5.92 Å². The van der Waals surface area contributed by atoms with E-state index in [4.69, 9.17) is 0 Å². The lowest BCUT2D eigenvalue weighted by molar-refractivity contribution is 0.102. The van der Waals surface area contributed by atoms with E-state index in [0.29, 0.717) is 0 Å². The van der Waals surface area contributed by atoms with Gasteiger partial charge in [-0.1, -0.05) is 18.2 Å². The molecule has 2 aliphatic heterocycles. The maximum atomic E-state index is 9.97. The zero-order chi connectivity index (χ0) is 14.1. The number of para-hydroxylation sites is 1. The van der Waals surface area contributed by atoms with Crippen molar-refractivity contribution in [3.63, 3.8) is 0 Å². The predicted octanol–water partition coefficient (Wildman–Crippen LogP) is 2.66. The molecule has 110 valence electrons. The van der Waals surface area contributed by atoms with Gasteiger partial charge < -0.3 is 14.9 Å². The third-order valence-corrected chi connectivity index (χ3v) is 5.07. The summed E-state index contributed by atoms with van der Waals surface area (Å²) >= 11 is 0. The normalized spacial score (nSPS) is 29.1. The first-order chi connectivity index (χ1) is 9.66. The minimum absolute atomic E-state index is 0.391. The number of hydrogen-bond acceptors (Lipinski definition) is 3. The highest BCUT2D eigenvalue weighted by Gasteiger charge is 2.34. The quantitative estimate of drug-likeness (QED) is 0.898. The monoisotopic (exact) mass is 274 g/mol. The molecule has 2 saturated heterocycles. The van der Waals surface area contributed by atoms with Crippen molar-refractivity contribution >= 4 is 5.69 Å². The van der Waals surface area contributed by atoms with Crippen LogP contribution >= 0.6 is 0 Å². The van der Waals surface area contributed by atoms with Crippen LogP contribution in [0.4, 0.5) is 5.69 Å². The predicted molar refractivity (Wildman–Crippen MR) is 83.0 cm³/mol. The van der Waals surface area contributed by atoms with E-state index in [0.717, 1.165) is 30.6 Å². The number of hydrogen-bond donors (Lipinski definition) is 1. The fourth-order valence-electron chi connectivity index (χ4n) is 4.00. The molecule has 2 fully saturated rings. The Hall–Kier alpha value is -1.06. The Morgan fingerprint density at radius 3 is 2.80 bits per heavy atom. The molecule has 0 saturated carbocycles. The Bertz CT molecular complexity index is 460. The zero-order valence-corrected chi connectivity index (χ0v) is 12.6. The molecule has 0 spiro atoms. The number of likely N-dealkylation sites (tertiary alicyclic amines) is 1. The van der Waals surface area contributed by atoms with Crippen molar-refractivity contribution in [3.05, 3.63) is 29.8 Å². The van der Waals surface area contributed by atoms with E-state index in [9.17, 15) is 5.11 Å². The first-order valence-corrected chi connectivity index (χ1v) is 7.89. The van der Waals surface area contributed by atoms with Crippen molar-refractivity contribution in [1.29, 1.82) is 0 Å². The van der Waals surface area contributed by atoms with Gasteiger partial charge in [-0.15, -0.1) is 0 Å². The lowest BCUT2D eigenvalue weighted by Gasteiger charge is -2.47. The third kappa shape index (κ3) is 2.57. The number of nitrogens with zero attached hydrogens (tertiary/aromatic N) is 2. The Morgan fingerprint density at radius 2 is 2.00 bits per heavy atom. The molecule has 1 aromatic carbocycles. The summed E-state index contributed by atoms with van der Waals surface area (Å²) in [7, 11) is 2.27. The molecule has 3 nitrogen and oxygen atoms in total. The lowest BCUT2D eigenvalue weighted by Crippen LogP contribution is -2.52. The van der Waals surface area contributed by atoms with Crippen LogP contribution in [0.2, 0.25) is 0 Å². The summed E-state index contributed by atoms with van der Waals surface area (Å²) in [6, 6.07) is 9.08. The maximum Gasteiger partial charge on any atom is 0.0781 e. The SMILES string of the molecule is C[C@H](O)c1ccccc1N1CCC2C(CCCN2C)C1. The number of rotatable bonds is 2. The average Bonchev–Trinajstić information content (AvgIpc) is 2.47. The highest BCUT2D eigenvalue weighted by Crippen LogP contribution is 2.34. The van der Waals surface area contributed by atoms with Gasteiger partial charge in [0.15, 0.2) is 0 Å². The number of anilines is 1. The van der Waals surface area contributed by atoms with Crippen LogP contribution in [0.15, 0.2) is 24.3 Å². The van der Waals surface area contributed by atoms with E-state index in [1.54, 1.807) is 0 Å². The highest BCUT2D eigenvalue weighted by molar-refractivity contribution is 5.55. The van der Waals surface area contributed by atoms with Crippen LogP contribution in [0.25, 0.3) is 0 Å². The van der Waals surface area contributed by atoms with Crippen molar-refractivity contribution in [1.82, 2.24) is 4.90 Å². The van der Waals surface area contributed by atoms with Gasteiger partial charge >= 0.3 is 0 Å². The second kappa shape index (κ2) is 5.74. The van der Waals surface area contributed by atoms with E-state index in [1.165, 1.54) is 31.5 Å². The largest absolute Gasteiger partial charge is 0.389 e. The second-order valence-electron chi connectivity index (χ2n) is 6.42. The standard InChI is InChI=1S/C17H26N2O/c1-13(20)15-7-3-4-8-17(15)19-11-9-16-14(12-19)6-5-10-18(16)2/h3-4,7-8,13-14,16,20H,5-6,9-12H2,1-2H3/t13-,14?,16?/m0/s1. The van der Waals surface area contributed by atoms with Gasteiger partial charge in [-0.2, -0.15) is 0 Å². The summed E-state index contributed by atoms with van der Waals surface area (Å²) in [5.74, 6) is 0.782. The number of aliphatic hydroxyl groups excluding tert-OH is 1. The summed E-state index contributed by atoms with van der Waals surface area (Å²) in [5, 5.41) is 9.97. The number of benzene rings is 1. The first kappa shape index (κ1) is 13.9. The van der Waals surface area contributed by atoms with E-state index < -0.39 is 6.10 Å². The van der Waals surface area contributed by atoms with Crippen molar-refractivity contribution in [2.75, 3.05) is 31.6 Å². The fraction of sp³-hybridized carbons (Fsp3) is 0.647. The Balaban J connectivity index is 1.79. The Kier molecular flexibility index (Phi) is 3.99. The molecule has 3 heteroatoms. The topological polar surface area (TPSA) is 26.7 Å². The van der Waals surface area contributed by atoms with Gasteiger partial charge in [0.05, 0.1) is 6.10 Å².